The van der Waals surface area contributed by atoms with Crippen LogP contribution in [0.1, 0.15) is 35.3 Å². The second-order valence-electron chi connectivity index (χ2n) is 3.03. The number of benzene rings is 1. The van der Waals surface area contributed by atoms with Gasteiger partial charge in [0.05, 0.1) is 5.56 Å². The highest BCUT2D eigenvalue weighted by Gasteiger charge is 2.10. The molecule has 84 valence electrons. The van der Waals surface area contributed by atoms with Crippen molar-refractivity contribution in [2.45, 2.75) is 27.7 Å². The van der Waals surface area contributed by atoms with Gasteiger partial charge in [-0.25, -0.2) is 0 Å². The number of hydrogen-bond donors (Lipinski definition) is 2. The predicted molar refractivity (Wildman–Crippen MR) is 62.3 cm³/mol. The summed E-state index contributed by atoms with van der Waals surface area (Å²) in [6.45, 7) is 7.80. The first-order valence-corrected chi connectivity index (χ1v) is 5.08. The van der Waals surface area contributed by atoms with Crippen molar-refractivity contribution >= 4 is 5.91 Å². The summed E-state index contributed by atoms with van der Waals surface area (Å²) in [5.41, 5.74) is 2.30. The van der Waals surface area contributed by atoms with E-state index in [1.807, 2.05) is 27.7 Å². The van der Waals surface area contributed by atoms with E-state index in [0.29, 0.717) is 5.56 Å². The van der Waals surface area contributed by atoms with E-state index in [2.05, 4.69) is 5.32 Å². The lowest BCUT2D eigenvalue weighted by Gasteiger charge is -2.06. The van der Waals surface area contributed by atoms with Gasteiger partial charge in [-0.2, -0.15) is 0 Å². The maximum atomic E-state index is 11.2. The number of phenols is 1. The number of aryl methyl sites for hydroxylation is 2. The van der Waals surface area contributed by atoms with Gasteiger partial charge in [0.2, 0.25) is 0 Å². The first-order valence-electron chi connectivity index (χ1n) is 5.08. The van der Waals surface area contributed by atoms with Crippen molar-refractivity contribution in [3.8, 4) is 5.75 Å². The minimum atomic E-state index is -0.263. The van der Waals surface area contributed by atoms with Crippen molar-refractivity contribution < 1.29 is 9.90 Å². The van der Waals surface area contributed by atoms with Gasteiger partial charge in [0.25, 0.3) is 5.91 Å². The molecular weight excluding hydrogens is 190 g/mol. The standard InChI is InChI=1S/C10H13NO2.C2H6/c1-6-4-8(10(13)11-3)9(12)5-7(6)2;1-2/h4-5,12H,1-3H3,(H,11,13);1-2H3. The summed E-state index contributed by atoms with van der Waals surface area (Å²) in [7, 11) is 1.54. The van der Waals surface area contributed by atoms with Gasteiger partial charge >= 0.3 is 0 Å². The summed E-state index contributed by atoms with van der Waals surface area (Å²) in [5.74, 6) is -0.233. The zero-order valence-electron chi connectivity index (χ0n) is 10.0. The van der Waals surface area contributed by atoms with E-state index in [4.69, 9.17) is 0 Å². The van der Waals surface area contributed by atoms with Gasteiger partial charge in [0.15, 0.2) is 0 Å². The number of phenolic OH excluding ortho intramolecular Hbond substituents is 1. The second-order valence-corrected chi connectivity index (χ2v) is 3.03. The van der Waals surface area contributed by atoms with Crippen molar-refractivity contribution in [3.05, 3.63) is 28.8 Å². The van der Waals surface area contributed by atoms with E-state index in [-0.39, 0.29) is 11.7 Å². The Morgan fingerprint density at radius 1 is 1.20 bits per heavy atom. The van der Waals surface area contributed by atoms with Crippen LogP contribution < -0.4 is 5.32 Å². The number of nitrogens with one attached hydrogen (secondary N) is 1. The molecule has 0 fully saturated rings. The van der Waals surface area contributed by atoms with E-state index >= 15 is 0 Å². The Labute approximate surface area is 91.1 Å². The van der Waals surface area contributed by atoms with Crippen molar-refractivity contribution in [1.82, 2.24) is 5.32 Å². The molecule has 0 aliphatic rings. The van der Waals surface area contributed by atoms with E-state index in [1.54, 1.807) is 12.1 Å². The molecule has 0 saturated carbocycles. The molecule has 0 unspecified atom stereocenters. The molecule has 0 aromatic heterocycles. The number of carbonyl (C=O) groups is 1. The topological polar surface area (TPSA) is 49.3 Å². The molecule has 0 spiro atoms. The lowest BCUT2D eigenvalue weighted by atomic mass is 10.0. The lowest BCUT2D eigenvalue weighted by Crippen LogP contribution is -2.18. The zero-order chi connectivity index (χ0) is 12.0. The molecule has 1 amide bonds. The minimum absolute atomic E-state index is 0.0300. The Morgan fingerprint density at radius 3 is 2.13 bits per heavy atom. The van der Waals surface area contributed by atoms with Crippen LogP contribution in [0, 0.1) is 13.8 Å². The molecule has 0 atom stereocenters. The van der Waals surface area contributed by atoms with E-state index in [1.165, 1.54) is 7.05 Å². The van der Waals surface area contributed by atoms with Crippen LogP contribution in [-0.4, -0.2) is 18.1 Å². The van der Waals surface area contributed by atoms with Crippen LogP contribution in [-0.2, 0) is 0 Å². The molecule has 1 aromatic carbocycles. The van der Waals surface area contributed by atoms with Gasteiger partial charge in [-0.05, 0) is 37.1 Å². The zero-order valence-corrected chi connectivity index (χ0v) is 10.0. The van der Waals surface area contributed by atoms with Gasteiger partial charge < -0.3 is 10.4 Å². The molecule has 0 aliphatic carbocycles. The molecule has 0 bridgehead atoms. The van der Waals surface area contributed by atoms with Crippen LogP contribution in [0.15, 0.2) is 12.1 Å². The number of amides is 1. The highest BCUT2D eigenvalue weighted by Crippen LogP contribution is 2.21. The number of rotatable bonds is 1. The average Bonchev–Trinajstić information content (AvgIpc) is 2.25. The predicted octanol–water partition coefficient (Wildman–Crippen LogP) is 2.39. The molecular formula is C12H19NO2. The van der Waals surface area contributed by atoms with Crippen LogP contribution in [0.25, 0.3) is 0 Å². The first-order chi connectivity index (χ1) is 7.06. The van der Waals surface area contributed by atoms with E-state index < -0.39 is 0 Å². The molecule has 2 N–H and O–H groups in total. The van der Waals surface area contributed by atoms with Crippen molar-refractivity contribution in [1.29, 1.82) is 0 Å². The van der Waals surface area contributed by atoms with Crippen LogP contribution in [0.3, 0.4) is 0 Å². The Bertz CT molecular complexity index is 346. The quantitative estimate of drug-likeness (QED) is 0.746. The third-order valence-electron chi connectivity index (χ3n) is 2.08. The average molecular weight is 209 g/mol. The Morgan fingerprint density at radius 2 is 1.67 bits per heavy atom. The molecule has 1 aromatic rings. The molecule has 0 heterocycles. The van der Waals surface area contributed by atoms with Crippen LogP contribution in [0.5, 0.6) is 5.75 Å². The van der Waals surface area contributed by atoms with Gasteiger partial charge in [0.1, 0.15) is 5.75 Å². The SMILES string of the molecule is CC.CNC(=O)c1cc(C)c(C)cc1O. The van der Waals surface area contributed by atoms with Crippen molar-refractivity contribution in [2.24, 2.45) is 0 Å². The fourth-order valence-electron chi connectivity index (χ4n) is 1.12. The number of hydrogen-bond acceptors (Lipinski definition) is 2. The highest BCUT2D eigenvalue weighted by atomic mass is 16.3. The highest BCUT2D eigenvalue weighted by molar-refractivity contribution is 5.96. The van der Waals surface area contributed by atoms with E-state index in [9.17, 15) is 9.90 Å². The molecule has 3 heteroatoms. The summed E-state index contributed by atoms with van der Waals surface area (Å²) in [6, 6.07) is 3.28. The van der Waals surface area contributed by atoms with Crippen LogP contribution in [0.4, 0.5) is 0 Å². The first kappa shape index (κ1) is 13.5. The van der Waals surface area contributed by atoms with Crippen LogP contribution in [0.2, 0.25) is 0 Å². The molecule has 1 rings (SSSR count). The largest absolute Gasteiger partial charge is 0.507 e. The third kappa shape index (κ3) is 3.27. The molecule has 15 heavy (non-hydrogen) atoms. The van der Waals surface area contributed by atoms with Crippen molar-refractivity contribution in [3.63, 3.8) is 0 Å². The second kappa shape index (κ2) is 6.06. The minimum Gasteiger partial charge on any atom is -0.507 e. The fraction of sp³-hybridized carbons (Fsp3) is 0.417. The summed E-state index contributed by atoms with van der Waals surface area (Å²) < 4.78 is 0. The summed E-state index contributed by atoms with van der Waals surface area (Å²) in [6.07, 6.45) is 0. The summed E-state index contributed by atoms with van der Waals surface area (Å²) in [5, 5.41) is 11.9. The monoisotopic (exact) mass is 209 g/mol. The number of aromatic hydroxyl groups is 1. The van der Waals surface area contributed by atoms with Crippen LogP contribution >= 0.6 is 0 Å². The van der Waals surface area contributed by atoms with Gasteiger partial charge in [-0.3, -0.25) is 4.79 Å². The molecule has 0 aliphatic heterocycles. The Hall–Kier alpha value is -1.51. The molecule has 0 saturated heterocycles. The summed E-state index contributed by atoms with van der Waals surface area (Å²) in [4.78, 5) is 11.2. The molecule has 0 radical (unpaired) electrons. The number of carbonyl (C=O) groups excluding carboxylic acids is 1. The Balaban J connectivity index is 0.000000921. The lowest BCUT2D eigenvalue weighted by molar-refractivity contribution is 0.0960. The maximum absolute atomic E-state index is 11.2. The molecule has 3 nitrogen and oxygen atoms in total. The van der Waals surface area contributed by atoms with Gasteiger partial charge in [-0.1, -0.05) is 13.8 Å². The Kier molecular flexibility index (Phi) is 5.45. The third-order valence-corrected chi connectivity index (χ3v) is 2.08. The smallest absolute Gasteiger partial charge is 0.254 e. The maximum Gasteiger partial charge on any atom is 0.254 e. The van der Waals surface area contributed by atoms with Crippen molar-refractivity contribution in [2.75, 3.05) is 7.05 Å². The summed E-state index contributed by atoms with van der Waals surface area (Å²) >= 11 is 0. The van der Waals surface area contributed by atoms with Gasteiger partial charge in [-0.15, -0.1) is 0 Å². The normalized spacial score (nSPS) is 8.87. The fourth-order valence-corrected chi connectivity index (χ4v) is 1.12. The van der Waals surface area contributed by atoms with E-state index in [0.717, 1.165) is 11.1 Å². The van der Waals surface area contributed by atoms with Gasteiger partial charge in [0, 0.05) is 7.05 Å².